The lowest BCUT2D eigenvalue weighted by Crippen LogP contribution is -2.35. The second-order valence-electron chi connectivity index (χ2n) is 4.67. The summed E-state index contributed by atoms with van der Waals surface area (Å²) < 4.78 is 16.1. The fourth-order valence-electron chi connectivity index (χ4n) is 1.96. The second kappa shape index (κ2) is 6.81. The molecule has 1 aliphatic heterocycles. The molecule has 1 atom stereocenters. The van der Waals surface area contributed by atoms with Crippen LogP contribution in [0.5, 0.6) is 11.5 Å². The van der Waals surface area contributed by atoms with Crippen molar-refractivity contribution in [2.75, 3.05) is 26.9 Å². The number of rotatable bonds is 4. The summed E-state index contributed by atoms with van der Waals surface area (Å²) in [5.41, 5.74) is 0.446. The Morgan fingerprint density at radius 3 is 2.95 bits per heavy atom. The summed E-state index contributed by atoms with van der Waals surface area (Å²) >= 11 is 6.15. The molecule has 1 heterocycles. The highest BCUT2D eigenvalue weighted by Gasteiger charge is 2.19. The predicted octanol–water partition coefficient (Wildman–Crippen LogP) is 2.27. The monoisotopic (exact) mass is 299 g/mol. The zero-order valence-corrected chi connectivity index (χ0v) is 12.3. The minimum atomic E-state index is -0.216. The predicted molar refractivity (Wildman–Crippen MR) is 75.9 cm³/mol. The third-order valence-corrected chi connectivity index (χ3v) is 3.14. The van der Waals surface area contributed by atoms with E-state index in [0.29, 0.717) is 41.9 Å². The standard InChI is InChI=1S/C14H18ClNO4/c1-9(8-18-2)16-14(17)10-6-11(15)13-12(7-10)19-4-3-5-20-13/h6-7,9H,3-5,8H2,1-2H3,(H,16,17). The first kappa shape index (κ1) is 14.9. The van der Waals surface area contributed by atoms with Crippen LogP contribution in [-0.2, 0) is 4.74 Å². The molecule has 1 N–H and O–H groups in total. The molecule has 6 heteroatoms. The van der Waals surface area contributed by atoms with Crippen molar-refractivity contribution in [3.63, 3.8) is 0 Å². The van der Waals surface area contributed by atoms with Gasteiger partial charge in [0.2, 0.25) is 0 Å². The SMILES string of the molecule is COCC(C)NC(=O)c1cc(Cl)c2c(c1)OCCCO2. The van der Waals surface area contributed by atoms with Crippen molar-refractivity contribution in [3.05, 3.63) is 22.7 Å². The Kier molecular flexibility index (Phi) is 5.09. The Hall–Kier alpha value is -1.46. The molecular formula is C14H18ClNO4. The number of hydrogen-bond donors (Lipinski definition) is 1. The number of nitrogens with one attached hydrogen (secondary N) is 1. The third-order valence-electron chi connectivity index (χ3n) is 2.86. The van der Waals surface area contributed by atoms with Gasteiger partial charge < -0.3 is 19.5 Å². The van der Waals surface area contributed by atoms with Crippen molar-refractivity contribution >= 4 is 17.5 Å². The first-order chi connectivity index (χ1) is 9.61. The first-order valence-corrected chi connectivity index (χ1v) is 6.88. The molecule has 1 aromatic rings. The lowest BCUT2D eigenvalue weighted by Gasteiger charge is -2.15. The van der Waals surface area contributed by atoms with Crippen LogP contribution in [0.1, 0.15) is 23.7 Å². The van der Waals surface area contributed by atoms with Gasteiger partial charge in [-0.1, -0.05) is 11.6 Å². The molecule has 1 amide bonds. The average molecular weight is 300 g/mol. The molecule has 0 spiro atoms. The fraction of sp³-hybridized carbons (Fsp3) is 0.500. The van der Waals surface area contributed by atoms with Gasteiger partial charge in [0.25, 0.3) is 5.91 Å². The summed E-state index contributed by atoms with van der Waals surface area (Å²) in [7, 11) is 1.59. The Morgan fingerprint density at radius 1 is 1.45 bits per heavy atom. The summed E-state index contributed by atoms with van der Waals surface area (Å²) in [6, 6.07) is 3.16. The van der Waals surface area contributed by atoms with Gasteiger partial charge in [-0.25, -0.2) is 0 Å². The van der Waals surface area contributed by atoms with Gasteiger partial charge in [-0.3, -0.25) is 4.79 Å². The topological polar surface area (TPSA) is 56.8 Å². The van der Waals surface area contributed by atoms with Crippen molar-refractivity contribution in [3.8, 4) is 11.5 Å². The number of halogens is 1. The number of fused-ring (bicyclic) bond motifs is 1. The van der Waals surface area contributed by atoms with Crippen LogP contribution in [0.4, 0.5) is 0 Å². The molecule has 0 bridgehead atoms. The van der Waals surface area contributed by atoms with Crippen molar-refractivity contribution < 1.29 is 19.0 Å². The summed E-state index contributed by atoms with van der Waals surface area (Å²) in [5, 5.41) is 3.21. The van der Waals surface area contributed by atoms with Crippen LogP contribution >= 0.6 is 11.6 Å². The quantitative estimate of drug-likeness (QED) is 0.926. The number of ether oxygens (including phenoxy) is 3. The van der Waals surface area contributed by atoms with Crippen LogP contribution < -0.4 is 14.8 Å². The van der Waals surface area contributed by atoms with Gasteiger partial charge in [0.1, 0.15) is 0 Å². The summed E-state index contributed by atoms with van der Waals surface area (Å²) in [5.74, 6) is 0.803. The van der Waals surface area contributed by atoms with Gasteiger partial charge >= 0.3 is 0 Å². The Bertz CT molecular complexity index is 492. The molecule has 5 nitrogen and oxygen atoms in total. The summed E-state index contributed by atoms with van der Waals surface area (Å²) in [6.45, 7) is 3.42. The number of carbonyl (C=O) groups excluding carboxylic acids is 1. The van der Waals surface area contributed by atoms with E-state index in [9.17, 15) is 4.79 Å². The highest BCUT2D eigenvalue weighted by atomic mass is 35.5. The largest absolute Gasteiger partial charge is 0.489 e. The molecule has 0 aromatic heterocycles. The van der Waals surface area contributed by atoms with Crippen molar-refractivity contribution in [2.45, 2.75) is 19.4 Å². The van der Waals surface area contributed by atoms with Crippen LogP contribution in [0.3, 0.4) is 0 Å². The lowest BCUT2D eigenvalue weighted by atomic mass is 10.1. The van der Waals surface area contributed by atoms with E-state index in [1.165, 1.54) is 0 Å². The molecule has 1 aliphatic rings. The number of carbonyl (C=O) groups is 1. The van der Waals surface area contributed by atoms with Gasteiger partial charge in [-0.05, 0) is 19.1 Å². The molecule has 0 fully saturated rings. The smallest absolute Gasteiger partial charge is 0.251 e. The molecule has 1 aromatic carbocycles. The minimum Gasteiger partial charge on any atom is -0.489 e. The number of methoxy groups -OCH3 is 1. The summed E-state index contributed by atoms with van der Waals surface area (Å²) in [4.78, 5) is 12.1. The zero-order valence-electron chi connectivity index (χ0n) is 11.6. The molecule has 0 saturated carbocycles. The van der Waals surface area contributed by atoms with E-state index >= 15 is 0 Å². The maximum Gasteiger partial charge on any atom is 0.251 e. The van der Waals surface area contributed by atoms with E-state index in [4.69, 9.17) is 25.8 Å². The number of hydrogen-bond acceptors (Lipinski definition) is 4. The normalized spacial score (nSPS) is 15.3. The highest BCUT2D eigenvalue weighted by molar-refractivity contribution is 6.32. The zero-order chi connectivity index (χ0) is 14.5. The molecule has 0 saturated heterocycles. The van der Waals surface area contributed by atoms with Crippen molar-refractivity contribution in [2.24, 2.45) is 0 Å². The van der Waals surface area contributed by atoms with Crippen LogP contribution in [0, 0.1) is 0 Å². The van der Waals surface area contributed by atoms with Crippen LogP contribution in [0.25, 0.3) is 0 Å². The van der Waals surface area contributed by atoms with Gasteiger partial charge in [0, 0.05) is 25.1 Å². The molecule has 0 aliphatic carbocycles. The van der Waals surface area contributed by atoms with E-state index < -0.39 is 0 Å². The average Bonchev–Trinajstić information content (AvgIpc) is 2.64. The maximum atomic E-state index is 12.1. The Balaban J connectivity index is 2.18. The van der Waals surface area contributed by atoms with Crippen LogP contribution in [0.2, 0.25) is 5.02 Å². The molecule has 1 unspecified atom stereocenters. The first-order valence-electron chi connectivity index (χ1n) is 6.50. The van der Waals surface area contributed by atoms with E-state index in [1.807, 2.05) is 6.92 Å². The lowest BCUT2D eigenvalue weighted by molar-refractivity contribution is 0.0905. The highest BCUT2D eigenvalue weighted by Crippen LogP contribution is 2.37. The molecule has 110 valence electrons. The molecular weight excluding hydrogens is 282 g/mol. The Morgan fingerprint density at radius 2 is 2.20 bits per heavy atom. The molecule has 20 heavy (non-hydrogen) atoms. The second-order valence-corrected chi connectivity index (χ2v) is 5.07. The number of amides is 1. The van der Waals surface area contributed by atoms with Crippen molar-refractivity contribution in [1.82, 2.24) is 5.32 Å². The van der Waals surface area contributed by atoms with E-state index in [2.05, 4.69) is 5.32 Å². The van der Waals surface area contributed by atoms with Gasteiger partial charge in [-0.2, -0.15) is 0 Å². The van der Waals surface area contributed by atoms with Crippen LogP contribution in [0.15, 0.2) is 12.1 Å². The van der Waals surface area contributed by atoms with E-state index in [-0.39, 0.29) is 11.9 Å². The fourth-order valence-corrected chi connectivity index (χ4v) is 2.23. The van der Waals surface area contributed by atoms with Gasteiger partial charge in [0.15, 0.2) is 11.5 Å². The van der Waals surface area contributed by atoms with Gasteiger partial charge in [-0.15, -0.1) is 0 Å². The van der Waals surface area contributed by atoms with Gasteiger partial charge in [0.05, 0.1) is 24.8 Å². The minimum absolute atomic E-state index is 0.0812. The Labute approximate surface area is 123 Å². The van der Waals surface area contributed by atoms with Crippen molar-refractivity contribution in [1.29, 1.82) is 0 Å². The van der Waals surface area contributed by atoms with E-state index in [0.717, 1.165) is 6.42 Å². The maximum absolute atomic E-state index is 12.1. The van der Waals surface area contributed by atoms with E-state index in [1.54, 1.807) is 19.2 Å². The van der Waals surface area contributed by atoms with Crippen LogP contribution in [-0.4, -0.2) is 38.9 Å². The summed E-state index contributed by atoms with van der Waals surface area (Å²) in [6.07, 6.45) is 0.789. The third kappa shape index (κ3) is 3.55. The number of benzene rings is 1. The molecule has 0 radical (unpaired) electrons. The molecule has 2 rings (SSSR count).